The van der Waals surface area contributed by atoms with E-state index in [2.05, 4.69) is 94.3 Å². The fourth-order valence-electron chi connectivity index (χ4n) is 4.29. The van der Waals surface area contributed by atoms with Gasteiger partial charge < -0.3 is 14.2 Å². The van der Waals surface area contributed by atoms with Crippen LogP contribution in [0.25, 0.3) is 23.2 Å². The maximum atomic E-state index is 5.94. The lowest BCUT2D eigenvalue weighted by atomic mass is 9.87. The highest BCUT2D eigenvalue weighted by Crippen LogP contribution is 2.27. The highest BCUT2D eigenvalue weighted by Gasteiger charge is 2.19. The molecule has 0 saturated carbocycles. The summed E-state index contributed by atoms with van der Waals surface area (Å²) in [6.07, 6.45) is 0. The van der Waals surface area contributed by atoms with E-state index in [-0.39, 0.29) is 5.41 Å². The van der Waals surface area contributed by atoms with Gasteiger partial charge in [-0.15, -0.1) is 15.3 Å². The molecule has 0 unspecified atom stereocenters. The van der Waals surface area contributed by atoms with Crippen LogP contribution in [0, 0.1) is 6.92 Å². The molecule has 8 heteroatoms. The number of anilines is 1. The van der Waals surface area contributed by atoms with Crippen molar-refractivity contribution < 1.29 is 4.42 Å². The number of likely N-dealkylation sites (N-methyl/N-ethyl adjacent to an activating group) is 1. The summed E-state index contributed by atoms with van der Waals surface area (Å²) in [7, 11) is 2.17. The van der Waals surface area contributed by atoms with E-state index in [1.165, 1.54) is 16.8 Å². The second-order valence-corrected chi connectivity index (χ2v) is 10.3. The molecule has 1 aliphatic rings. The fraction of sp³-hybridized carbons (Fsp3) is 0.448. The lowest BCUT2D eigenvalue weighted by Gasteiger charge is -2.34. The van der Waals surface area contributed by atoms with Gasteiger partial charge in [0.15, 0.2) is 0 Å². The van der Waals surface area contributed by atoms with E-state index in [4.69, 9.17) is 4.42 Å². The van der Waals surface area contributed by atoms with Gasteiger partial charge in [-0.1, -0.05) is 58.9 Å². The third-order valence-electron chi connectivity index (χ3n) is 6.58. The van der Waals surface area contributed by atoms with Crippen LogP contribution in [0.2, 0.25) is 0 Å². The van der Waals surface area contributed by atoms with Crippen molar-refractivity contribution in [1.29, 1.82) is 0 Å². The molecule has 1 saturated heterocycles. The Bertz CT molecular complexity index is 1290. The maximum absolute atomic E-state index is 5.94. The summed E-state index contributed by atoms with van der Waals surface area (Å²) >= 11 is 0. The monoisotopic (exact) mass is 501 g/mol. The third-order valence-corrected chi connectivity index (χ3v) is 6.58. The molecule has 3 heterocycles. The van der Waals surface area contributed by atoms with Gasteiger partial charge in [-0.05, 0) is 54.8 Å². The minimum Gasteiger partial charge on any atom is -0.413 e. The van der Waals surface area contributed by atoms with Gasteiger partial charge in [0.2, 0.25) is 11.7 Å². The standard InChI is InChI=1S/C27H33N7O.C2H6/c1-19-28-24(26-30-29-25(35-26)21-9-11-22(12-10-21)27(2,3)4)31-34(19)18-20-7-6-8-23(17-20)33-15-13-32(5)14-16-33;1-2/h6-12,17H,13-16,18H2,1-5H3;1-2H3. The molecule has 5 rings (SSSR count). The van der Waals surface area contributed by atoms with Crippen molar-refractivity contribution in [2.24, 2.45) is 0 Å². The first-order chi connectivity index (χ1) is 17.8. The van der Waals surface area contributed by atoms with Crippen molar-refractivity contribution in [3.63, 3.8) is 0 Å². The molecule has 8 nitrogen and oxygen atoms in total. The Labute approximate surface area is 220 Å². The van der Waals surface area contributed by atoms with Crippen LogP contribution in [0.4, 0.5) is 5.69 Å². The van der Waals surface area contributed by atoms with Gasteiger partial charge >= 0.3 is 0 Å². The quantitative estimate of drug-likeness (QED) is 0.361. The summed E-state index contributed by atoms with van der Waals surface area (Å²) in [6.45, 7) is 17.4. The molecule has 0 amide bonds. The van der Waals surface area contributed by atoms with Gasteiger partial charge in [0.05, 0.1) is 6.54 Å². The molecule has 4 aromatic rings. The number of piperazine rings is 1. The molecular weight excluding hydrogens is 462 g/mol. The van der Waals surface area contributed by atoms with Crippen molar-refractivity contribution in [3.05, 3.63) is 65.5 Å². The molecule has 0 bridgehead atoms. The molecular formula is C29H39N7O. The van der Waals surface area contributed by atoms with Crippen molar-refractivity contribution in [1.82, 2.24) is 29.9 Å². The Morgan fingerprint density at radius 1 is 0.892 bits per heavy atom. The zero-order chi connectivity index (χ0) is 26.6. The molecule has 0 N–H and O–H groups in total. The summed E-state index contributed by atoms with van der Waals surface area (Å²) in [4.78, 5) is 9.40. The lowest BCUT2D eigenvalue weighted by molar-refractivity contribution is 0.313. The molecule has 37 heavy (non-hydrogen) atoms. The zero-order valence-corrected chi connectivity index (χ0v) is 23.2. The van der Waals surface area contributed by atoms with E-state index < -0.39 is 0 Å². The first kappa shape index (κ1) is 26.5. The number of hydrogen-bond donors (Lipinski definition) is 0. The second-order valence-electron chi connectivity index (χ2n) is 10.3. The normalized spacial score (nSPS) is 14.4. The van der Waals surface area contributed by atoms with Crippen LogP contribution in [0.15, 0.2) is 52.9 Å². The average molecular weight is 502 g/mol. The van der Waals surface area contributed by atoms with Gasteiger partial charge in [0.25, 0.3) is 5.89 Å². The van der Waals surface area contributed by atoms with Gasteiger partial charge in [-0.3, -0.25) is 0 Å². The van der Waals surface area contributed by atoms with E-state index in [1.807, 2.05) is 37.6 Å². The smallest absolute Gasteiger partial charge is 0.287 e. The fourth-order valence-corrected chi connectivity index (χ4v) is 4.29. The number of aromatic nitrogens is 5. The Morgan fingerprint density at radius 2 is 1.57 bits per heavy atom. The van der Waals surface area contributed by atoms with Crippen molar-refractivity contribution >= 4 is 5.69 Å². The van der Waals surface area contributed by atoms with Crippen LogP contribution in [0.5, 0.6) is 0 Å². The van der Waals surface area contributed by atoms with Gasteiger partial charge in [-0.2, -0.15) is 0 Å². The van der Waals surface area contributed by atoms with E-state index in [0.717, 1.165) is 37.6 Å². The number of nitrogens with zero attached hydrogens (tertiary/aromatic N) is 7. The highest BCUT2D eigenvalue weighted by atomic mass is 16.4. The van der Waals surface area contributed by atoms with E-state index in [0.29, 0.717) is 24.2 Å². The Hall–Kier alpha value is -3.52. The molecule has 0 spiro atoms. The second kappa shape index (κ2) is 11.3. The van der Waals surface area contributed by atoms with Crippen molar-refractivity contribution in [2.45, 2.75) is 53.5 Å². The summed E-state index contributed by atoms with van der Waals surface area (Å²) in [6, 6.07) is 16.9. The number of rotatable bonds is 5. The average Bonchev–Trinajstić information content (AvgIpc) is 3.53. The van der Waals surface area contributed by atoms with E-state index in [1.54, 1.807) is 0 Å². The number of aryl methyl sites for hydroxylation is 1. The van der Waals surface area contributed by atoms with Crippen molar-refractivity contribution in [3.8, 4) is 23.2 Å². The molecule has 0 radical (unpaired) electrons. The number of hydrogen-bond acceptors (Lipinski definition) is 7. The van der Waals surface area contributed by atoms with Crippen molar-refractivity contribution in [2.75, 3.05) is 38.1 Å². The SMILES string of the molecule is CC.Cc1nc(-c2nnc(-c3ccc(C(C)(C)C)cc3)o2)nn1Cc1cccc(N2CCN(C)CC2)c1. The minimum atomic E-state index is 0.0941. The summed E-state index contributed by atoms with van der Waals surface area (Å²) in [5.41, 5.74) is 4.68. The highest BCUT2D eigenvalue weighted by molar-refractivity contribution is 5.55. The predicted molar refractivity (Wildman–Crippen MR) is 149 cm³/mol. The van der Waals surface area contributed by atoms with Gasteiger partial charge in [0, 0.05) is 37.4 Å². The molecule has 1 fully saturated rings. The summed E-state index contributed by atoms with van der Waals surface area (Å²) in [5.74, 6) is 2.05. The summed E-state index contributed by atoms with van der Waals surface area (Å²) in [5, 5.41) is 13.1. The topological polar surface area (TPSA) is 76.1 Å². The Balaban J connectivity index is 0.00000156. The number of benzene rings is 2. The van der Waals surface area contributed by atoms with Gasteiger partial charge in [-0.25, -0.2) is 9.67 Å². The zero-order valence-electron chi connectivity index (χ0n) is 23.2. The Kier molecular flexibility index (Phi) is 8.07. The molecule has 0 atom stereocenters. The minimum absolute atomic E-state index is 0.0941. The molecule has 196 valence electrons. The molecule has 1 aliphatic heterocycles. The lowest BCUT2D eigenvalue weighted by Crippen LogP contribution is -2.44. The molecule has 2 aromatic heterocycles. The predicted octanol–water partition coefficient (Wildman–Crippen LogP) is 5.43. The molecule has 2 aromatic carbocycles. The maximum Gasteiger partial charge on any atom is 0.287 e. The van der Waals surface area contributed by atoms with Crippen LogP contribution < -0.4 is 4.90 Å². The van der Waals surface area contributed by atoms with Crippen LogP contribution in [-0.4, -0.2) is 63.1 Å². The van der Waals surface area contributed by atoms with Crippen LogP contribution in [-0.2, 0) is 12.0 Å². The largest absolute Gasteiger partial charge is 0.413 e. The third kappa shape index (κ3) is 6.25. The van der Waals surface area contributed by atoms with Crippen LogP contribution in [0.3, 0.4) is 0 Å². The van der Waals surface area contributed by atoms with Crippen LogP contribution >= 0.6 is 0 Å². The van der Waals surface area contributed by atoms with Crippen LogP contribution in [0.1, 0.15) is 51.6 Å². The van der Waals surface area contributed by atoms with E-state index >= 15 is 0 Å². The Morgan fingerprint density at radius 3 is 2.24 bits per heavy atom. The van der Waals surface area contributed by atoms with E-state index in [9.17, 15) is 0 Å². The van der Waals surface area contributed by atoms with Gasteiger partial charge in [0.1, 0.15) is 5.82 Å². The molecule has 0 aliphatic carbocycles. The summed E-state index contributed by atoms with van der Waals surface area (Å²) < 4.78 is 7.83. The first-order valence-corrected chi connectivity index (χ1v) is 13.1. The first-order valence-electron chi connectivity index (χ1n) is 13.1.